The maximum Gasteiger partial charge on any atom is 0.257 e. The monoisotopic (exact) mass is 238 g/mol. The van der Waals surface area contributed by atoms with E-state index in [9.17, 15) is 9.90 Å². The van der Waals surface area contributed by atoms with Crippen molar-refractivity contribution < 1.29 is 15.0 Å². The third-order valence-electron chi connectivity index (χ3n) is 2.53. The number of para-hydroxylation sites is 1. The van der Waals surface area contributed by atoms with E-state index in [0.717, 1.165) is 0 Å². The average Bonchev–Trinajstić information content (AvgIpc) is 2.28. The average molecular weight is 238 g/mol. The molecule has 17 heavy (non-hydrogen) atoms. The number of nitrogen functional groups attached to an aromatic ring is 1. The molecule has 4 N–H and O–H groups in total. The van der Waals surface area contributed by atoms with Gasteiger partial charge in [0.05, 0.1) is 17.4 Å². The van der Waals surface area contributed by atoms with Crippen LogP contribution in [0.2, 0.25) is 0 Å². The predicted molar refractivity (Wildman–Crippen MR) is 65.8 cm³/mol. The smallest absolute Gasteiger partial charge is 0.257 e. The van der Waals surface area contributed by atoms with Gasteiger partial charge in [0.2, 0.25) is 0 Å². The van der Waals surface area contributed by atoms with Crippen LogP contribution in [-0.4, -0.2) is 40.7 Å². The van der Waals surface area contributed by atoms with Gasteiger partial charge in [-0.25, -0.2) is 0 Å². The van der Waals surface area contributed by atoms with E-state index in [-0.39, 0.29) is 22.9 Å². The van der Waals surface area contributed by atoms with E-state index in [0.29, 0.717) is 13.0 Å². The van der Waals surface area contributed by atoms with Crippen molar-refractivity contribution in [3.05, 3.63) is 23.8 Å². The van der Waals surface area contributed by atoms with Gasteiger partial charge in [0.25, 0.3) is 5.91 Å². The lowest BCUT2D eigenvalue weighted by atomic mass is 10.1. The minimum atomic E-state index is -0.459. The minimum absolute atomic E-state index is 0.179. The van der Waals surface area contributed by atoms with Gasteiger partial charge in [-0.1, -0.05) is 6.07 Å². The van der Waals surface area contributed by atoms with Gasteiger partial charge in [0.1, 0.15) is 0 Å². The van der Waals surface area contributed by atoms with Crippen LogP contribution in [0.3, 0.4) is 0 Å². The Hall–Kier alpha value is -1.75. The van der Waals surface area contributed by atoms with Crippen molar-refractivity contribution in [2.45, 2.75) is 19.4 Å². The first-order valence-electron chi connectivity index (χ1n) is 5.44. The normalized spacial score (nSPS) is 12.2. The fourth-order valence-corrected chi connectivity index (χ4v) is 1.42. The van der Waals surface area contributed by atoms with E-state index in [2.05, 4.69) is 0 Å². The summed E-state index contributed by atoms with van der Waals surface area (Å²) >= 11 is 0. The Kier molecular flexibility index (Phi) is 4.34. The largest absolute Gasteiger partial charge is 0.505 e. The fourth-order valence-electron chi connectivity index (χ4n) is 1.42. The number of hydrogen-bond donors (Lipinski definition) is 3. The molecule has 0 unspecified atom stereocenters. The zero-order valence-electron chi connectivity index (χ0n) is 10.1. The molecule has 0 saturated heterocycles. The van der Waals surface area contributed by atoms with Gasteiger partial charge in [-0.15, -0.1) is 0 Å². The number of benzene rings is 1. The molecule has 1 aromatic carbocycles. The SMILES string of the molecule is C[C@@H](O)CCN(C)C(=O)c1cccc(N)c1O. The van der Waals surface area contributed by atoms with Crippen LogP contribution < -0.4 is 5.73 Å². The number of aliphatic hydroxyl groups excluding tert-OH is 1. The number of nitrogens with zero attached hydrogens (tertiary/aromatic N) is 1. The fraction of sp³-hybridized carbons (Fsp3) is 0.417. The number of rotatable bonds is 4. The van der Waals surface area contributed by atoms with E-state index < -0.39 is 6.10 Å². The highest BCUT2D eigenvalue weighted by Crippen LogP contribution is 2.25. The van der Waals surface area contributed by atoms with Gasteiger partial charge < -0.3 is 20.8 Å². The summed E-state index contributed by atoms with van der Waals surface area (Å²) in [5.41, 5.74) is 5.88. The van der Waals surface area contributed by atoms with Crippen molar-refractivity contribution in [2.75, 3.05) is 19.3 Å². The Balaban J connectivity index is 2.78. The number of phenols is 1. The molecule has 0 radical (unpaired) electrons. The van der Waals surface area contributed by atoms with Gasteiger partial charge in [0, 0.05) is 13.6 Å². The zero-order chi connectivity index (χ0) is 13.0. The molecule has 0 fully saturated rings. The molecule has 0 heterocycles. The molecule has 0 bridgehead atoms. The number of amides is 1. The van der Waals surface area contributed by atoms with Gasteiger partial charge in [0.15, 0.2) is 5.75 Å². The molecule has 94 valence electrons. The first-order valence-corrected chi connectivity index (χ1v) is 5.44. The van der Waals surface area contributed by atoms with Crippen molar-refractivity contribution in [3.8, 4) is 5.75 Å². The van der Waals surface area contributed by atoms with Crippen LogP contribution in [0.1, 0.15) is 23.7 Å². The molecule has 5 heteroatoms. The number of anilines is 1. The third kappa shape index (κ3) is 3.35. The molecule has 1 rings (SSSR count). The van der Waals surface area contributed by atoms with Gasteiger partial charge in [-0.2, -0.15) is 0 Å². The Bertz CT molecular complexity index is 405. The maximum atomic E-state index is 12.0. The minimum Gasteiger partial charge on any atom is -0.505 e. The first-order chi connectivity index (χ1) is 7.93. The number of carbonyl (C=O) groups excluding carboxylic acids is 1. The third-order valence-corrected chi connectivity index (χ3v) is 2.53. The second kappa shape index (κ2) is 5.54. The molecular weight excluding hydrogens is 220 g/mol. The molecule has 5 nitrogen and oxygen atoms in total. The van der Waals surface area contributed by atoms with Gasteiger partial charge in [-0.3, -0.25) is 4.79 Å². The molecule has 0 aliphatic heterocycles. The van der Waals surface area contributed by atoms with Crippen molar-refractivity contribution in [1.29, 1.82) is 0 Å². The van der Waals surface area contributed by atoms with Crippen LogP contribution in [0.15, 0.2) is 18.2 Å². The standard InChI is InChI=1S/C12H18N2O3/c1-8(15)6-7-14(2)12(17)9-4-3-5-10(13)11(9)16/h3-5,8,15-16H,6-7,13H2,1-2H3/t8-/m1/s1. The number of phenolic OH excluding ortho intramolecular Hbond substituents is 1. The number of hydrogen-bond acceptors (Lipinski definition) is 4. The topological polar surface area (TPSA) is 86.8 Å². The molecule has 1 atom stereocenters. The summed E-state index contributed by atoms with van der Waals surface area (Å²) in [5.74, 6) is -0.503. The molecule has 1 amide bonds. The first kappa shape index (κ1) is 13.3. The summed E-state index contributed by atoms with van der Waals surface area (Å²) in [6.07, 6.45) is 0.0328. The van der Waals surface area contributed by atoms with Crippen LogP contribution in [0.25, 0.3) is 0 Å². The second-order valence-corrected chi connectivity index (χ2v) is 4.11. The molecule has 0 saturated carbocycles. The van der Waals surface area contributed by atoms with Crippen LogP contribution in [0.5, 0.6) is 5.75 Å². The Labute approximate surface area is 100 Å². The highest BCUT2D eigenvalue weighted by atomic mass is 16.3. The number of aromatic hydroxyl groups is 1. The molecular formula is C12H18N2O3. The molecule has 1 aromatic rings. The Morgan fingerprint density at radius 1 is 1.53 bits per heavy atom. The Morgan fingerprint density at radius 2 is 2.18 bits per heavy atom. The summed E-state index contributed by atoms with van der Waals surface area (Å²) in [5, 5.41) is 18.8. The van der Waals surface area contributed by atoms with Crippen molar-refractivity contribution in [1.82, 2.24) is 4.90 Å². The number of nitrogens with two attached hydrogens (primary N) is 1. The lowest BCUT2D eigenvalue weighted by molar-refractivity contribution is 0.0766. The quantitative estimate of drug-likeness (QED) is 0.535. The summed E-state index contributed by atoms with van der Waals surface area (Å²) in [7, 11) is 1.62. The second-order valence-electron chi connectivity index (χ2n) is 4.11. The van der Waals surface area contributed by atoms with Crippen molar-refractivity contribution in [2.24, 2.45) is 0 Å². The van der Waals surface area contributed by atoms with E-state index in [1.165, 1.54) is 17.0 Å². The van der Waals surface area contributed by atoms with E-state index in [1.807, 2.05) is 0 Å². The maximum absolute atomic E-state index is 12.0. The highest BCUT2D eigenvalue weighted by Gasteiger charge is 2.17. The van der Waals surface area contributed by atoms with Crippen molar-refractivity contribution in [3.63, 3.8) is 0 Å². The number of carbonyl (C=O) groups is 1. The molecule has 0 aliphatic carbocycles. The summed E-state index contributed by atoms with van der Waals surface area (Å²) < 4.78 is 0. The lowest BCUT2D eigenvalue weighted by Gasteiger charge is -2.18. The summed E-state index contributed by atoms with van der Waals surface area (Å²) in [4.78, 5) is 13.4. The van der Waals surface area contributed by atoms with Gasteiger partial charge in [-0.05, 0) is 25.5 Å². The predicted octanol–water partition coefficient (Wildman–Crippen LogP) is 0.817. The molecule has 0 aromatic heterocycles. The summed E-state index contributed by atoms with van der Waals surface area (Å²) in [6.45, 7) is 2.08. The highest BCUT2D eigenvalue weighted by molar-refractivity contribution is 5.98. The van der Waals surface area contributed by atoms with Crippen LogP contribution >= 0.6 is 0 Å². The molecule has 0 aliphatic rings. The van der Waals surface area contributed by atoms with E-state index in [4.69, 9.17) is 10.8 Å². The van der Waals surface area contributed by atoms with Crippen molar-refractivity contribution >= 4 is 11.6 Å². The zero-order valence-corrected chi connectivity index (χ0v) is 10.1. The Morgan fingerprint density at radius 3 is 2.76 bits per heavy atom. The van der Waals surface area contributed by atoms with E-state index in [1.54, 1.807) is 20.0 Å². The number of aliphatic hydroxyl groups is 1. The van der Waals surface area contributed by atoms with Crippen LogP contribution in [0, 0.1) is 0 Å². The van der Waals surface area contributed by atoms with Crippen LogP contribution in [0.4, 0.5) is 5.69 Å². The van der Waals surface area contributed by atoms with E-state index >= 15 is 0 Å². The lowest BCUT2D eigenvalue weighted by Crippen LogP contribution is -2.29. The van der Waals surface area contributed by atoms with Crippen LogP contribution in [-0.2, 0) is 0 Å². The summed E-state index contributed by atoms with van der Waals surface area (Å²) in [6, 6.07) is 4.67. The molecule has 0 spiro atoms. The van der Waals surface area contributed by atoms with Gasteiger partial charge >= 0.3 is 0 Å².